The molecule has 0 fully saturated rings. The molecule has 0 N–H and O–H groups in total. The quantitative estimate of drug-likeness (QED) is 0.729. The minimum absolute atomic E-state index is 1.10. The van der Waals surface area contributed by atoms with Crippen molar-refractivity contribution in [3.63, 3.8) is 0 Å². The summed E-state index contributed by atoms with van der Waals surface area (Å²) in [7, 11) is 0. The molecule has 3 rings (SSSR count). The van der Waals surface area contributed by atoms with Gasteiger partial charge >= 0.3 is 0 Å². The van der Waals surface area contributed by atoms with Gasteiger partial charge in [-0.1, -0.05) is 42.1 Å². The fraction of sp³-hybridized carbons (Fsp3) is 0.250. The molecule has 15 heavy (non-hydrogen) atoms. The van der Waals surface area contributed by atoms with Crippen molar-refractivity contribution in [3.8, 4) is 11.3 Å². The van der Waals surface area contributed by atoms with Crippen LogP contribution in [0.2, 0.25) is 0 Å². The van der Waals surface area contributed by atoms with Gasteiger partial charge in [0.2, 0.25) is 0 Å². The highest BCUT2D eigenvalue weighted by Crippen LogP contribution is 2.32. The largest absolute Gasteiger partial charge is 0.322 e. The number of aromatic nitrogens is 2. The van der Waals surface area contributed by atoms with Crippen molar-refractivity contribution in [1.82, 2.24) is 9.55 Å². The molecule has 0 spiro atoms. The van der Waals surface area contributed by atoms with Crippen LogP contribution in [0.4, 0.5) is 0 Å². The molecule has 1 aromatic carbocycles. The summed E-state index contributed by atoms with van der Waals surface area (Å²) in [6.45, 7) is 3.26. The van der Waals surface area contributed by atoms with Crippen LogP contribution in [-0.4, -0.2) is 15.3 Å². The Hall–Kier alpha value is -1.22. The third kappa shape index (κ3) is 1.38. The second-order valence-corrected chi connectivity index (χ2v) is 4.76. The molecule has 0 amide bonds. The maximum atomic E-state index is 4.69. The standard InChI is InChI=1S/C12H12N2S/c1-9-11(10-5-3-2-4-6-10)13-12-14(9)7-8-15-12/h2-6H,7-8H2,1H3. The first-order valence-corrected chi connectivity index (χ1v) is 6.10. The number of nitrogens with zero attached hydrogens (tertiary/aromatic N) is 2. The molecular formula is C12H12N2S. The van der Waals surface area contributed by atoms with Gasteiger partial charge < -0.3 is 4.57 Å². The maximum Gasteiger partial charge on any atom is 0.168 e. The summed E-state index contributed by atoms with van der Waals surface area (Å²) >= 11 is 1.85. The third-order valence-corrected chi connectivity index (χ3v) is 3.74. The smallest absolute Gasteiger partial charge is 0.168 e. The molecule has 0 saturated heterocycles. The number of thioether (sulfide) groups is 1. The summed E-state index contributed by atoms with van der Waals surface area (Å²) in [5, 5.41) is 1.17. The summed E-state index contributed by atoms with van der Waals surface area (Å²) < 4.78 is 2.31. The number of hydrogen-bond donors (Lipinski definition) is 0. The van der Waals surface area contributed by atoms with Crippen LogP contribution in [0.25, 0.3) is 11.3 Å². The zero-order valence-electron chi connectivity index (χ0n) is 8.60. The van der Waals surface area contributed by atoms with Gasteiger partial charge in [0.1, 0.15) is 0 Å². The Kier molecular flexibility index (Phi) is 2.06. The molecule has 2 heterocycles. The van der Waals surface area contributed by atoms with Crippen molar-refractivity contribution >= 4 is 11.8 Å². The monoisotopic (exact) mass is 216 g/mol. The van der Waals surface area contributed by atoms with E-state index in [0.29, 0.717) is 0 Å². The average Bonchev–Trinajstić information content (AvgIpc) is 2.83. The van der Waals surface area contributed by atoms with Crippen molar-refractivity contribution < 1.29 is 0 Å². The highest BCUT2D eigenvalue weighted by molar-refractivity contribution is 7.99. The first-order chi connectivity index (χ1) is 7.36. The van der Waals surface area contributed by atoms with Gasteiger partial charge in [-0.25, -0.2) is 4.98 Å². The Balaban J connectivity index is 2.14. The normalized spacial score (nSPS) is 14.2. The van der Waals surface area contributed by atoms with Crippen LogP contribution in [0.3, 0.4) is 0 Å². The van der Waals surface area contributed by atoms with Crippen molar-refractivity contribution in [2.24, 2.45) is 0 Å². The lowest BCUT2D eigenvalue weighted by Gasteiger charge is -2.01. The van der Waals surface area contributed by atoms with Crippen LogP contribution in [0.1, 0.15) is 5.69 Å². The zero-order valence-corrected chi connectivity index (χ0v) is 9.42. The third-order valence-electron chi connectivity index (χ3n) is 2.78. The average molecular weight is 216 g/mol. The number of benzene rings is 1. The van der Waals surface area contributed by atoms with Crippen LogP contribution < -0.4 is 0 Å². The van der Waals surface area contributed by atoms with E-state index < -0.39 is 0 Å². The lowest BCUT2D eigenvalue weighted by Crippen LogP contribution is -1.96. The molecule has 1 aliphatic heterocycles. The van der Waals surface area contributed by atoms with Gasteiger partial charge in [0.15, 0.2) is 5.16 Å². The van der Waals surface area contributed by atoms with E-state index in [1.54, 1.807) is 0 Å². The molecule has 2 nitrogen and oxygen atoms in total. The highest BCUT2D eigenvalue weighted by Gasteiger charge is 2.19. The van der Waals surface area contributed by atoms with Gasteiger partial charge in [-0.3, -0.25) is 0 Å². The van der Waals surface area contributed by atoms with Crippen LogP contribution in [0, 0.1) is 6.92 Å². The summed E-state index contributed by atoms with van der Waals surface area (Å²) in [5.74, 6) is 1.16. The van der Waals surface area contributed by atoms with Crippen molar-refractivity contribution in [1.29, 1.82) is 0 Å². The van der Waals surface area contributed by atoms with Gasteiger partial charge in [-0.2, -0.15) is 0 Å². The summed E-state index contributed by atoms with van der Waals surface area (Å²) in [5.41, 5.74) is 3.65. The molecule has 0 unspecified atom stereocenters. The van der Waals surface area contributed by atoms with Crippen molar-refractivity contribution in [2.75, 3.05) is 5.75 Å². The molecule has 2 aromatic rings. The number of hydrogen-bond acceptors (Lipinski definition) is 2. The predicted octanol–water partition coefficient (Wildman–Crippen LogP) is 2.96. The van der Waals surface area contributed by atoms with Crippen LogP contribution in [-0.2, 0) is 6.54 Å². The van der Waals surface area contributed by atoms with Gasteiger partial charge in [0.05, 0.1) is 5.69 Å². The van der Waals surface area contributed by atoms with Gasteiger partial charge in [-0.05, 0) is 6.92 Å². The highest BCUT2D eigenvalue weighted by atomic mass is 32.2. The van der Waals surface area contributed by atoms with Crippen LogP contribution in [0.15, 0.2) is 35.5 Å². The second-order valence-electron chi connectivity index (χ2n) is 3.69. The maximum absolute atomic E-state index is 4.69. The van der Waals surface area contributed by atoms with Gasteiger partial charge in [0.25, 0.3) is 0 Å². The molecule has 1 aliphatic rings. The van der Waals surface area contributed by atoms with E-state index in [1.165, 1.54) is 16.4 Å². The topological polar surface area (TPSA) is 17.8 Å². The van der Waals surface area contributed by atoms with Crippen molar-refractivity contribution in [3.05, 3.63) is 36.0 Å². The van der Waals surface area contributed by atoms with E-state index in [9.17, 15) is 0 Å². The molecule has 0 aliphatic carbocycles. The van der Waals surface area contributed by atoms with E-state index in [2.05, 4.69) is 40.7 Å². The fourth-order valence-corrected chi connectivity index (χ4v) is 2.98. The van der Waals surface area contributed by atoms with E-state index in [-0.39, 0.29) is 0 Å². The Labute approximate surface area is 93.3 Å². The first-order valence-electron chi connectivity index (χ1n) is 5.11. The van der Waals surface area contributed by atoms with Crippen LogP contribution in [0.5, 0.6) is 0 Å². The molecule has 0 saturated carbocycles. The van der Waals surface area contributed by atoms with Crippen LogP contribution >= 0.6 is 11.8 Å². The molecule has 0 radical (unpaired) electrons. The van der Waals surface area contributed by atoms with E-state index in [4.69, 9.17) is 0 Å². The number of rotatable bonds is 1. The Morgan fingerprint density at radius 3 is 2.80 bits per heavy atom. The van der Waals surface area contributed by atoms with E-state index in [1.807, 2.05) is 17.8 Å². The minimum Gasteiger partial charge on any atom is -0.322 e. The lowest BCUT2D eigenvalue weighted by molar-refractivity contribution is 0.698. The molecule has 1 aromatic heterocycles. The Morgan fingerprint density at radius 1 is 1.27 bits per heavy atom. The van der Waals surface area contributed by atoms with Crippen molar-refractivity contribution in [2.45, 2.75) is 18.6 Å². The summed E-state index contributed by atoms with van der Waals surface area (Å²) in [4.78, 5) is 4.69. The minimum atomic E-state index is 1.10. The molecule has 76 valence electrons. The Bertz CT molecular complexity index is 488. The van der Waals surface area contributed by atoms with E-state index in [0.717, 1.165) is 18.0 Å². The SMILES string of the molecule is Cc1c(-c2ccccc2)nc2n1CCS2. The lowest BCUT2D eigenvalue weighted by atomic mass is 10.1. The molecule has 3 heteroatoms. The van der Waals surface area contributed by atoms with Gasteiger partial charge in [-0.15, -0.1) is 0 Å². The summed E-state index contributed by atoms with van der Waals surface area (Å²) in [6.07, 6.45) is 0. The second kappa shape index (κ2) is 3.42. The molecular weight excluding hydrogens is 204 g/mol. The first kappa shape index (κ1) is 9.04. The molecule has 0 atom stereocenters. The Morgan fingerprint density at radius 2 is 2.07 bits per heavy atom. The zero-order chi connectivity index (χ0) is 10.3. The van der Waals surface area contributed by atoms with Gasteiger partial charge in [0, 0.05) is 23.6 Å². The number of imidazole rings is 1. The van der Waals surface area contributed by atoms with E-state index >= 15 is 0 Å². The predicted molar refractivity (Wildman–Crippen MR) is 63.1 cm³/mol. The fourth-order valence-electron chi connectivity index (χ4n) is 1.98. The molecule has 0 bridgehead atoms. The number of fused-ring (bicyclic) bond motifs is 1. The summed E-state index contributed by atoms with van der Waals surface area (Å²) in [6, 6.07) is 10.4.